The number of nitrogens with two attached hydrogens (primary N) is 1. The lowest BCUT2D eigenvalue weighted by atomic mass is 9.93. The molecule has 182 valence electrons. The summed E-state index contributed by atoms with van der Waals surface area (Å²) in [6.45, 7) is 3.17. The van der Waals surface area contributed by atoms with Crippen LogP contribution in [0.3, 0.4) is 0 Å². The molecule has 0 spiro atoms. The molecule has 0 bridgehead atoms. The Bertz CT molecular complexity index is 1400. The highest BCUT2D eigenvalue weighted by Crippen LogP contribution is 2.45. The van der Waals surface area contributed by atoms with Crippen molar-refractivity contribution in [3.05, 3.63) is 59.1 Å². The zero-order valence-corrected chi connectivity index (χ0v) is 20.2. The molecule has 1 aromatic carbocycles. The summed E-state index contributed by atoms with van der Waals surface area (Å²) in [4.78, 5) is 11.0. The minimum atomic E-state index is -0.985. The Morgan fingerprint density at radius 1 is 1.14 bits per heavy atom. The van der Waals surface area contributed by atoms with Crippen molar-refractivity contribution >= 4 is 28.5 Å². The van der Waals surface area contributed by atoms with Gasteiger partial charge in [0.2, 0.25) is 5.28 Å². The summed E-state index contributed by atoms with van der Waals surface area (Å²) in [5, 5.41) is 27.5. The summed E-state index contributed by atoms with van der Waals surface area (Å²) < 4.78 is 3.59. The fraction of sp³-hybridized carbons (Fsp3) is 0.400. The molecular formula is C25H28ClN7O2. The topological polar surface area (TPSA) is 118 Å². The molecule has 4 atom stereocenters. The number of aliphatic hydroxyl groups is 2. The first-order chi connectivity index (χ1) is 16.9. The van der Waals surface area contributed by atoms with Crippen LogP contribution in [0.2, 0.25) is 5.28 Å². The number of aryl methyl sites for hydroxylation is 1. The third-order valence-electron chi connectivity index (χ3n) is 7.41. The molecule has 1 aliphatic carbocycles. The number of benzene rings is 1. The maximum absolute atomic E-state index is 11.2. The van der Waals surface area contributed by atoms with Gasteiger partial charge in [0.15, 0.2) is 0 Å². The number of anilines is 1. The van der Waals surface area contributed by atoms with E-state index in [1.165, 1.54) is 12.0 Å². The van der Waals surface area contributed by atoms with Crippen LogP contribution in [0.4, 0.5) is 5.82 Å². The zero-order valence-electron chi connectivity index (χ0n) is 19.4. The monoisotopic (exact) mass is 493 g/mol. The summed E-state index contributed by atoms with van der Waals surface area (Å²) in [5.41, 5.74) is 10.5. The number of nitrogen functional groups attached to an aromatic ring is 1. The van der Waals surface area contributed by atoms with E-state index in [0.717, 1.165) is 36.5 Å². The Balaban J connectivity index is 1.39. The van der Waals surface area contributed by atoms with Gasteiger partial charge in [0, 0.05) is 37.5 Å². The van der Waals surface area contributed by atoms with Gasteiger partial charge in [-0.3, -0.25) is 9.58 Å². The first-order valence-electron chi connectivity index (χ1n) is 11.9. The van der Waals surface area contributed by atoms with Crippen molar-refractivity contribution in [3.8, 4) is 11.3 Å². The predicted molar refractivity (Wildman–Crippen MR) is 134 cm³/mol. The fourth-order valence-corrected chi connectivity index (χ4v) is 5.66. The molecule has 35 heavy (non-hydrogen) atoms. The van der Waals surface area contributed by atoms with Crippen LogP contribution < -0.4 is 5.73 Å². The van der Waals surface area contributed by atoms with Crippen LogP contribution in [0.5, 0.6) is 0 Å². The van der Waals surface area contributed by atoms with Crippen LogP contribution in [0.25, 0.3) is 22.3 Å². The van der Waals surface area contributed by atoms with E-state index < -0.39 is 18.2 Å². The molecule has 4 heterocycles. The molecule has 4 N–H and O–H groups in total. The largest absolute Gasteiger partial charge is 0.390 e. The highest BCUT2D eigenvalue weighted by atomic mass is 35.5. The van der Waals surface area contributed by atoms with Gasteiger partial charge >= 0.3 is 0 Å². The predicted octanol–water partition coefficient (Wildman–Crippen LogP) is 2.72. The Labute approximate surface area is 207 Å². The highest BCUT2D eigenvalue weighted by Gasteiger charge is 2.44. The average Bonchev–Trinajstić information content (AvgIpc) is 3.47. The van der Waals surface area contributed by atoms with E-state index in [9.17, 15) is 10.2 Å². The molecule has 0 radical (unpaired) electrons. The standard InChI is InChI=1S/C25H28ClN7O2/c1-31-9-6-18(30-31)17-13-33(24-20(17)23(27)28-25(26)29-24)19-11-16(21(34)22(19)35)15-5-2-4-14(10-15)12-32-7-3-8-32/h2,4-6,9-10,13,16,19,21-22,34-35H,3,7-8,11-12H2,1H3,(H2,27,28,29)/t16-,19-,21-,22+/m1/s1. The van der Waals surface area contributed by atoms with Crippen LogP contribution in [0, 0.1) is 0 Å². The Morgan fingerprint density at radius 2 is 1.97 bits per heavy atom. The van der Waals surface area contributed by atoms with Crippen molar-refractivity contribution in [1.82, 2.24) is 29.2 Å². The molecule has 3 aromatic heterocycles. The molecule has 0 unspecified atom stereocenters. The number of rotatable bonds is 5. The molecule has 1 saturated carbocycles. The van der Waals surface area contributed by atoms with Crippen LogP contribution in [-0.4, -0.2) is 64.7 Å². The third-order valence-corrected chi connectivity index (χ3v) is 7.57. The average molecular weight is 494 g/mol. The van der Waals surface area contributed by atoms with E-state index in [4.69, 9.17) is 17.3 Å². The quantitative estimate of drug-likeness (QED) is 0.366. The van der Waals surface area contributed by atoms with Crippen molar-refractivity contribution in [1.29, 1.82) is 0 Å². The lowest BCUT2D eigenvalue weighted by molar-refractivity contribution is 0.0179. The molecule has 6 rings (SSSR count). The Kier molecular flexibility index (Phi) is 5.52. The molecule has 1 saturated heterocycles. The second-order valence-electron chi connectivity index (χ2n) is 9.67. The van der Waals surface area contributed by atoms with Crippen molar-refractivity contribution in [2.75, 3.05) is 18.8 Å². The normalized spacial score (nSPS) is 24.8. The first kappa shape index (κ1) is 22.5. The van der Waals surface area contributed by atoms with Crippen LogP contribution in [-0.2, 0) is 13.6 Å². The minimum absolute atomic E-state index is 0.0326. The number of hydrogen-bond donors (Lipinski definition) is 3. The smallest absolute Gasteiger partial charge is 0.226 e. The number of fused-ring (bicyclic) bond motifs is 1. The van der Waals surface area contributed by atoms with Gasteiger partial charge in [0.05, 0.1) is 23.2 Å². The number of hydrogen-bond acceptors (Lipinski definition) is 7. The van der Waals surface area contributed by atoms with Gasteiger partial charge in [-0.25, -0.2) is 4.98 Å². The molecule has 9 nitrogen and oxygen atoms in total. The lowest BCUT2D eigenvalue weighted by Gasteiger charge is -2.31. The molecule has 2 fully saturated rings. The number of aliphatic hydroxyl groups excluding tert-OH is 2. The van der Waals surface area contributed by atoms with Gasteiger partial charge in [-0.15, -0.1) is 0 Å². The van der Waals surface area contributed by atoms with E-state index >= 15 is 0 Å². The number of aromatic nitrogens is 5. The van der Waals surface area contributed by atoms with Gasteiger partial charge in [-0.1, -0.05) is 24.3 Å². The first-order valence-corrected chi connectivity index (χ1v) is 12.3. The van der Waals surface area contributed by atoms with Gasteiger partial charge < -0.3 is 20.5 Å². The van der Waals surface area contributed by atoms with E-state index in [0.29, 0.717) is 17.5 Å². The van der Waals surface area contributed by atoms with Gasteiger partial charge in [-0.2, -0.15) is 10.1 Å². The van der Waals surface area contributed by atoms with E-state index in [1.54, 1.807) is 4.68 Å². The molecule has 2 aliphatic rings. The second kappa shape index (κ2) is 8.60. The SMILES string of the molecule is Cn1ccc(-c2cn([C@@H]3C[C@H](c4cccc(CN5CCC5)c4)[C@@H](O)[C@H]3O)c3nc(Cl)nc(N)c23)n1. The van der Waals surface area contributed by atoms with Gasteiger partial charge in [0.1, 0.15) is 17.6 Å². The number of nitrogens with zero attached hydrogens (tertiary/aromatic N) is 6. The maximum Gasteiger partial charge on any atom is 0.226 e. The van der Waals surface area contributed by atoms with Gasteiger partial charge in [0.25, 0.3) is 0 Å². The van der Waals surface area contributed by atoms with Crippen LogP contribution >= 0.6 is 11.6 Å². The summed E-state index contributed by atoms with van der Waals surface area (Å²) in [5.74, 6) is 0.0411. The van der Waals surface area contributed by atoms with E-state index in [1.807, 2.05) is 42.2 Å². The van der Waals surface area contributed by atoms with E-state index in [2.05, 4.69) is 32.1 Å². The summed E-state index contributed by atoms with van der Waals surface area (Å²) in [6.07, 6.45) is 3.63. The Hall–Kier alpha value is -2.98. The van der Waals surface area contributed by atoms with Gasteiger partial charge in [-0.05, 0) is 54.7 Å². The van der Waals surface area contributed by atoms with Crippen molar-refractivity contribution < 1.29 is 10.2 Å². The number of likely N-dealkylation sites (tertiary alicyclic amines) is 1. The van der Waals surface area contributed by atoms with E-state index in [-0.39, 0.29) is 17.0 Å². The van der Waals surface area contributed by atoms with Crippen molar-refractivity contribution in [2.24, 2.45) is 7.05 Å². The number of halogens is 1. The lowest BCUT2D eigenvalue weighted by Crippen LogP contribution is -2.36. The molecule has 10 heteroatoms. The molecule has 1 aliphatic heterocycles. The maximum atomic E-state index is 11.2. The Morgan fingerprint density at radius 3 is 2.69 bits per heavy atom. The molecular weight excluding hydrogens is 466 g/mol. The third kappa shape index (κ3) is 3.88. The summed E-state index contributed by atoms with van der Waals surface area (Å²) in [7, 11) is 1.84. The summed E-state index contributed by atoms with van der Waals surface area (Å²) >= 11 is 6.18. The van der Waals surface area contributed by atoms with Crippen molar-refractivity contribution in [3.63, 3.8) is 0 Å². The fourth-order valence-electron chi connectivity index (χ4n) is 5.49. The molecule has 0 amide bonds. The van der Waals surface area contributed by atoms with Crippen molar-refractivity contribution in [2.45, 2.75) is 43.6 Å². The van der Waals surface area contributed by atoms with Crippen LogP contribution in [0.1, 0.15) is 35.9 Å². The summed E-state index contributed by atoms with van der Waals surface area (Å²) in [6, 6.07) is 9.82. The second-order valence-corrected chi connectivity index (χ2v) is 10.0. The highest BCUT2D eigenvalue weighted by molar-refractivity contribution is 6.29. The zero-order chi connectivity index (χ0) is 24.3. The molecule has 4 aromatic rings. The van der Waals surface area contributed by atoms with Crippen LogP contribution in [0.15, 0.2) is 42.7 Å². The minimum Gasteiger partial charge on any atom is -0.390 e.